The van der Waals surface area contributed by atoms with E-state index in [4.69, 9.17) is 16.7 Å². The van der Waals surface area contributed by atoms with Gasteiger partial charge in [-0.2, -0.15) is 0 Å². The standard InChI is InChI=1S/C8H19N3O2/c1-2-11(10)7(8(12)13)5-3-4-6-9/h7H,2-6,9-10H2,1H3,(H,12,13). The van der Waals surface area contributed by atoms with Crippen LogP contribution in [0.15, 0.2) is 0 Å². The zero-order valence-corrected chi connectivity index (χ0v) is 8.07. The lowest BCUT2D eigenvalue weighted by Crippen LogP contribution is -2.45. The van der Waals surface area contributed by atoms with E-state index in [1.807, 2.05) is 6.92 Å². The van der Waals surface area contributed by atoms with Gasteiger partial charge in [0.05, 0.1) is 0 Å². The summed E-state index contributed by atoms with van der Waals surface area (Å²) in [7, 11) is 0. The molecule has 0 bridgehead atoms. The minimum absolute atomic E-state index is 0.541. The van der Waals surface area contributed by atoms with Crippen LogP contribution in [0.4, 0.5) is 0 Å². The van der Waals surface area contributed by atoms with Crippen molar-refractivity contribution in [2.24, 2.45) is 11.6 Å². The second-order valence-electron chi connectivity index (χ2n) is 2.97. The van der Waals surface area contributed by atoms with Crippen molar-refractivity contribution >= 4 is 5.97 Å². The number of aliphatic carboxylic acids is 1. The summed E-state index contributed by atoms with van der Waals surface area (Å²) in [5, 5.41) is 10.2. The van der Waals surface area contributed by atoms with E-state index in [-0.39, 0.29) is 0 Å². The minimum Gasteiger partial charge on any atom is -0.480 e. The molecule has 0 aromatic carbocycles. The smallest absolute Gasteiger partial charge is 0.322 e. The third kappa shape index (κ3) is 4.82. The van der Waals surface area contributed by atoms with Crippen LogP contribution in [0.2, 0.25) is 0 Å². The summed E-state index contributed by atoms with van der Waals surface area (Å²) in [5.74, 6) is 4.66. The van der Waals surface area contributed by atoms with Gasteiger partial charge in [0.25, 0.3) is 0 Å². The predicted octanol–water partition coefficient (Wildman–Crippen LogP) is -0.236. The average molecular weight is 189 g/mol. The highest BCUT2D eigenvalue weighted by atomic mass is 16.4. The molecule has 0 heterocycles. The van der Waals surface area contributed by atoms with Gasteiger partial charge in [0.1, 0.15) is 6.04 Å². The van der Waals surface area contributed by atoms with E-state index in [1.165, 1.54) is 5.01 Å². The fourth-order valence-electron chi connectivity index (χ4n) is 1.13. The van der Waals surface area contributed by atoms with Gasteiger partial charge in [0.2, 0.25) is 0 Å². The Bertz CT molecular complexity index is 152. The number of likely N-dealkylation sites (N-methyl/N-ethyl adjacent to an activating group) is 1. The molecule has 0 fully saturated rings. The molecule has 0 aliphatic rings. The summed E-state index contributed by atoms with van der Waals surface area (Å²) in [4.78, 5) is 10.7. The lowest BCUT2D eigenvalue weighted by molar-refractivity contribution is -0.143. The zero-order chi connectivity index (χ0) is 10.3. The van der Waals surface area contributed by atoms with E-state index < -0.39 is 12.0 Å². The van der Waals surface area contributed by atoms with Crippen molar-refractivity contribution in [3.05, 3.63) is 0 Å². The molecular formula is C8H19N3O2. The fraction of sp³-hybridized carbons (Fsp3) is 0.875. The van der Waals surface area contributed by atoms with E-state index in [0.29, 0.717) is 19.5 Å². The molecule has 0 aromatic heterocycles. The van der Waals surface area contributed by atoms with Crippen LogP contribution in [0, 0.1) is 0 Å². The Kier molecular flexibility index (Phi) is 6.48. The maximum atomic E-state index is 10.7. The Morgan fingerprint density at radius 2 is 2.15 bits per heavy atom. The summed E-state index contributed by atoms with van der Waals surface area (Å²) in [6.07, 6.45) is 2.22. The molecule has 0 aliphatic carbocycles. The first-order valence-electron chi connectivity index (χ1n) is 4.57. The Labute approximate surface area is 78.7 Å². The van der Waals surface area contributed by atoms with Crippen LogP contribution in [0.5, 0.6) is 0 Å². The van der Waals surface area contributed by atoms with Crippen molar-refractivity contribution in [1.82, 2.24) is 5.01 Å². The van der Waals surface area contributed by atoms with Crippen LogP contribution in [0.25, 0.3) is 0 Å². The number of hydrogen-bond donors (Lipinski definition) is 3. The topological polar surface area (TPSA) is 92.6 Å². The molecule has 0 rings (SSSR count). The number of carboxylic acid groups (broad SMARTS) is 1. The van der Waals surface area contributed by atoms with Crippen molar-refractivity contribution in [1.29, 1.82) is 0 Å². The highest BCUT2D eigenvalue weighted by Crippen LogP contribution is 2.05. The monoisotopic (exact) mass is 189 g/mol. The fourth-order valence-corrected chi connectivity index (χ4v) is 1.13. The average Bonchev–Trinajstić information content (AvgIpc) is 2.11. The second-order valence-corrected chi connectivity index (χ2v) is 2.97. The number of hydrazine groups is 1. The lowest BCUT2D eigenvalue weighted by atomic mass is 10.1. The number of carboxylic acids is 1. The molecule has 0 saturated heterocycles. The predicted molar refractivity (Wildman–Crippen MR) is 50.9 cm³/mol. The summed E-state index contributed by atoms with van der Waals surface area (Å²) in [6.45, 7) is 2.97. The van der Waals surface area contributed by atoms with Crippen LogP contribution in [-0.2, 0) is 4.79 Å². The molecular weight excluding hydrogens is 170 g/mol. The quantitative estimate of drug-likeness (QED) is 0.292. The number of hydrogen-bond acceptors (Lipinski definition) is 4. The lowest BCUT2D eigenvalue weighted by Gasteiger charge is -2.22. The van der Waals surface area contributed by atoms with Crippen LogP contribution >= 0.6 is 0 Å². The van der Waals surface area contributed by atoms with Gasteiger partial charge in [-0.3, -0.25) is 10.6 Å². The Hall–Kier alpha value is -0.650. The third-order valence-electron chi connectivity index (χ3n) is 1.98. The van der Waals surface area contributed by atoms with E-state index >= 15 is 0 Å². The number of nitrogens with two attached hydrogens (primary N) is 2. The Morgan fingerprint density at radius 1 is 1.54 bits per heavy atom. The molecule has 5 N–H and O–H groups in total. The molecule has 1 unspecified atom stereocenters. The van der Waals surface area contributed by atoms with Gasteiger partial charge in [0.15, 0.2) is 0 Å². The first kappa shape index (κ1) is 12.3. The molecule has 5 heteroatoms. The first-order valence-corrected chi connectivity index (χ1v) is 4.57. The third-order valence-corrected chi connectivity index (χ3v) is 1.98. The van der Waals surface area contributed by atoms with Gasteiger partial charge in [-0.25, -0.2) is 5.01 Å². The number of unbranched alkanes of at least 4 members (excludes halogenated alkanes) is 1. The van der Waals surface area contributed by atoms with E-state index in [0.717, 1.165) is 12.8 Å². The van der Waals surface area contributed by atoms with E-state index in [2.05, 4.69) is 0 Å². The molecule has 5 nitrogen and oxygen atoms in total. The molecule has 13 heavy (non-hydrogen) atoms. The van der Waals surface area contributed by atoms with Gasteiger partial charge in [-0.05, 0) is 25.8 Å². The van der Waals surface area contributed by atoms with Crippen LogP contribution < -0.4 is 11.6 Å². The molecule has 1 atom stereocenters. The number of rotatable bonds is 7. The van der Waals surface area contributed by atoms with Crippen LogP contribution in [-0.4, -0.2) is 35.2 Å². The highest BCUT2D eigenvalue weighted by Gasteiger charge is 2.20. The molecule has 0 saturated carbocycles. The molecule has 0 amide bonds. The van der Waals surface area contributed by atoms with Crippen molar-refractivity contribution in [3.8, 4) is 0 Å². The van der Waals surface area contributed by atoms with E-state index in [1.54, 1.807) is 0 Å². The van der Waals surface area contributed by atoms with Crippen molar-refractivity contribution in [2.75, 3.05) is 13.1 Å². The molecule has 0 radical (unpaired) electrons. The van der Waals surface area contributed by atoms with Crippen molar-refractivity contribution in [2.45, 2.75) is 32.2 Å². The molecule has 78 valence electrons. The van der Waals surface area contributed by atoms with Crippen LogP contribution in [0.3, 0.4) is 0 Å². The Morgan fingerprint density at radius 3 is 2.54 bits per heavy atom. The van der Waals surface area contributed by atoms with E-state index in [9.17, 15) is 4.79 Å². The largest absolute Gasteiger partial charge is 0.480 e. The summed E-state index contributed by atoms with van der Waals surface area (Å²) < 4.78 is 0. The maximum Gasteiger partial charge on any atom is 0.322 e. The van der Waals surface area contributed by atoms with Crippen LogP contribution in [0.1, 0.15) is 26.2 Å². The van der Waals surface area contributed by atoms with Gasteiger partial charge in [-0.1, -0.05) is 6.92 Å². The maximum absolute atomic E-state index is 10.7. The first-order chi connectivity index (χ1) is 6.13. The zero-order valence-electron chi connectivity index (χ0n) is 8.07. The van der Waals surface area contributed by atoms with Gasteiger partial charge in [-0.15, -0.1) is 0 Å². The van der Waals surface area contributed by atoms with Gasteiger partial charge < -0.3 is 10.8 Å². The SMILES string of the molecule is CCN(N)C(CCCCN)C(=O)O. The summed E-state index contributed by atoms with van der Waals surface area (Å²) >= 11 is 0. The van der Waals surface area contributed by atoms with Gasteiger partial charge in [0, 0.05) is 6.54 Å². The highest BCUT2D eigenvalue weighted by molar-refractivity contribution is 5.73. The molecule has 0 aliphatic heterocycles. The second kappa shape index (κ2) is 6.82. The summed E-state index contributed by atoms with van der Waals surface area (Å²) in [6, 6.07) is -0.573. The van der Waals surface area contributed by atoms with Gasteiger partial charge >= 0.3 is 5.97 Å². The molecule has 0 aromatic rings. The summed E-state index contributed by atoms with van der Waals surface area (Å²) in [5.41, 5.74) is 5.31. The van der Waals surface area contributed by atoms with Crippen molar-refractivity contribution < 1.29 is 9.90 Å². The minimum atomic E-state index is -0.860. The normalized spacial score (nSPS) is 13.2. The number of carbonyl (C=O) groups is 1. The van der Waals surface area contributed by atoms with Crippen molar-refractivity contribution in [3.63, 3.8) is 0 Å². The number of nitrogens with zero attached hydrogens (tertiary/aromatic N) is 1. The molecule has 0 spiro atoms. The Balaban J connectivity index is 3.88.